The summed E-state index contributed by atoms with van der Waals surface area (Å²) in [6.07, 6.45) is 10.3. The molecule has 5 heteroatoms. The Morgan fingerprint density at radius 2 is 1.00 bits per heavy atom. The topological polar surface area (TPSA) is 24.7 Å². The van der Waals surface area contributed by atoms with E-state index in [1.165, 1.54) is 51.4 Å². The number of nitrogens with zero attached hydrogens (tertiary/aromatic N) is 2. The molecule has 0 rings (SSSR count). The summed E-state index contributed by atoms with van der Waals surface area (Å²) < 4.78 is 9.81. The summed E-state index contributed by atoms with van der Waals surface area (Å²) in [6, 6.07) is 0. The fourth-order valence-corrected chi connectivity index (χ4v) is 3.58. The van der Waals surface area contributed by atoms with Gasteiger partial charge in [-0.25, -0.2) is 0 Å². The smallest absolute Gasteiger partial charge is 1.00 e. The van der Waals surface area contributed by atoms with Crippen molar-refractivity contribution in [3.63, 3.8) is 0 Å². The van der Waals surface area contributed by atoms with Crippen LogP contribution in [0.1, 0.15) is 92.9 Å². The second kappa shape index (κ2) is 14.5. The van der Waals surface area contributed by atoms with E-state index < -0.39 is 18.2 Å². The summed E-state index contributed by atoms with van der Waals surface area (Å²) in [6.45, 7) is 13.6. The number of hydrogen-bond acceptors (Lipinski definition) is 2. The Balaban J connectivity index is -0.00000162. The van der Waals surface area contributed by atoms with Crippen LogP contribution in [-0.2, 0) is 18.2 Å². The summed E-state index contributed by atoms with van der Waals surface area (Å²) in [4.78, 5) is 0. The van der Waals surface area contributed by atoms with E-state index in [-0.39, 0.29) is 35.9 Å². The predicted octanol–water partition coefficient (Wildman–Crippen LogP) is 0.162. The number of hydrogen-bond donors (Lipinski definition) is 0. The Kier molecular flexibility index (Phi) is 18.4. The molecule has 0 aliphatic carbocycles. The average molecular weight is 421 g/mol. The van der Waals surface area contributed by atoms with Gasteiger partial charge in [0.2, 0.25) is 0 Å². The van der Waals surface area contributed by atoms with Crippen LogP contribution in [0.2, 0.25) is 0 Å². The first-order chi connectivity index (χ1) is 8.83. The van der Waals surface area contributed by atoms with Gasteiger partial charge >= 0.3 is 129 Å². The molecule has 0 aliphatic rings. The molecule has 0 spiro atoms. The minimum Gasteiger partial charge on any atom is -1.00 e. The zero-order valence-electron chi connectivity index (χ0n) is 14.7. The Labute approximate surface area is 153 Å². The van der Waals surface area contributed by atoms with Crippen LogP contribution in [0.5, 0.6) is 0 Å². The Hall–Kier alpha value is 0.868. The molecule has 0 bridgehead atoms. The molecule has 0 unspecified atom stereocenters. The minimum atomic E-state index is -0.534. The molecule has 0 saturated heterocycles. The molecular formula is C16H34Cl2MoN2. The molecule has 0 aliphatic heterocycles. The monoisotopic (exact) mass is 422 g/mol. The molecule has 0 aromatic carbocycles. The molecule has 0 amide bonds. The van der Waals surface area contributed by atoms with Gasteiger partial charge in [-0.05, 0) is 0 Å². The van der Waals surface area contributed by atoms with Crippen LogP contribution in [0.15, 0.2) is 6.99 Å². The van der Waals surface area contributed by atoms with Gasteiger partial charge in [0.25, 0.3) is 0 Å². The molecule has 0 N–H and O–H groups in total. The molecule has 0 aromatic heterocycles. The Bertz CT molecular complexity index is 273. The Morgan fingerprint density at radius 3 is 1.29 bits per heavy atom. The largest absolute Gasteiger partial charge is 1.00 e. The van der Waals surface area contributed by atoms with Crippen LogP contribution < -0.4 is 24.8 Å². The van der Waals surface area contributed by atoms with Crippen LogP contribution in [0.25, 0.3) is 0 Å². The molecule has 0 atom stereocenters. The molecular weight excluding hydrogens is 387 g/mol. The van der Waals surface area contributed by atoms with E-state index in [1.54, 1.807) is 0 Å². The molecule has 0 heterocycles. The summed E-state index contributed by atoms with van der Waals surface area (Å²) >= 11 is -0.534. The van der Waals surface area contributed by atoms with Crippen molar-refractivity contribution in [2.75, 3.05) is 0 Å². The fraction of sp³-hybridized carbons (Fsp3) is 1.00. The van der Waals surface area contributed by atoms with Crippen molar-refractivity contribution in [3.05, 3.63) is 0 Å². The third kappa shape index (κ3) is 17.1. The van der Waals surface area contributed by atoms with Crippen molar-refractivity contribution in [1.29, 1.82) is 0 Å². The molecule has 0 radical (unpaired) electrons. The third-order valence-electron chi connectivity index (χ3n) is 3.36. The van der Waals surface area contributed by atoms with Crippen LogP contribution in [-0.4, -0.2) is 11.1 Å². The van der Waals surface area contributed by atoms with Gasteiger partial charge < -0.3 is 24.8 Å². The standard InChI is InChI=1S/2C8H17N.2ClH.Mo/c2*1-4-5-6-7-8(2,3)9;;;/h2*4-7H2,1-3H3;2*1H;/q;;;;+2/p-2. The maximum atomic E-state index is 4.90. The average Bonchev–Trinajstić information content (AvgIpc) is 2.28. The van der Waals surface area contributed by atoms with Gasteiger partial charge in [-0.2, -0.15) is 0 Å². The molecule has 0 aromatic rings. The third-order valence-corrected chi connectivity index (χ3v) is 6.19. The molecule has 128 valence electrons. The van der Waals surface area contributed by atoms with Crippen LogP contribution >= 0.6 is 0 Å². The fourth-order valence-electron chi connectivity index (χ4n) is 1.95. The maximum absolute atomic E-state index is 4.90. The van der Waals surface area contributed by atoms with E-state index in [2.05, 4.69) is 41.5 Å². The summed E-state index contributed by atoms with van der Waals surface area (Å²) in [7, 11) is 0. The van der Waals surface area contributed by atoms with Crippen molar-refractivity contribution in [2.24, 2.45) is 6.99 Å². The zero-order chi connectivity index (χ0) is 14.8. The number of rotatable bonds is 10. The predicted molar refractivity (Wildman–Crippen MR) is 81.3 cm³/mol. The zero-order valence-corrected chi connectivity index (χ0v) is 18.2. The van der Waals surface area contributed by atoms with Crippen molar-refractivity contribution in [1.82, 2.24) is 0 Å². The first-order valence-corrected chi connectivity index (χ1v) is 9.73. The number of halogens is 2. The van der Waals surface area contributed by atoms with Crippen LogP contribution in [0.4, 0.5) is 0 Å². The van der Waals surface area contributed by atoms with E-state index in [9.17, 15) is 0 Å². The second-order valence-corrected chi connectivity index (χ2v) is 8.10. The van der Waals surface area contributed by atoms with Gasteiger partial charge in [0.1, 0.15) is 0 Å². The molecule has 21 heavy (non-hydrogen) atoms. The van der Waals surface area contributed by atoms with E-state index >= 15 is 0 Å². The van der Waals surface area contributed by atoms with E-state index in [0.29, 0.717) is 0 Å². The first kappa shape index (κ1) is 26.8. The van der Waals surface area contributed by atoms with Gasteiger partial charge in [0.05, 0.1) is 0 Å². The summed E-state index contributed by atoms with van der Waals surface area (Å²) in [5.74, 6) is 0. The maximum Gasteiger partial charge on any atom is -1.00 e. The van der Waals surface area contributed by atoms with Crippen molar-refractivity contribution in [2.45, 2.75) is 104 Å². The first-order valence-electron chi connectivity index (χ1n) is 7.93. The van der Waals surface area contributed by atoms with Gasteiger partial charge in [0.15, 0.2) is 0 Å². The van der Waals surface area contributed by atoms with E-state index in [0.717, 1.165) is 0 Å². The van der Waals surface area contributed by atoms with Crippen molar-refractivity contribution >= 4 is 0 Å². The second-order valence-electron chi connectivity index (χ2n) is 6.80. The van der Waals surface area contributed by atoms with Gasteiger partial charge in [-0.15, -0.1) is 0 Å². The van der Waals surface area contributed by atoms with Gasteiger partial charge in [-0.1, -0.05) is 0 Å². The van der Waals surface area contributed by atoms with Crippen LogP contribution in [0, 0.1) is 0 Å². The summed E-state index contributed by atoms with van der Waals surface area (Å²) in [5, 5.41) is 0. The number of unbranched alkanes of at least 4 members (excludes halogenated alkanes) is 4. The van der Waals surface area contributed by atoms with Crippen molar-refractivity contribution in [3.8, 4) is 0 Å². The van der Waals surface area contributed by atoms with Gasteiger partial charge in [0, 0.05) is 0 Å². The van der Waals surface area contributed by atoms with E-state index in [4.69, 9.17) is 6.99 Å². The van der Waals surface area contributed by atoms with Crippen molar-refractivity contribution < 1.29 is 43.0 Å². The normalized spacial score (nSPS) is 11.0. The van der Waals surface area contributed by atoms with Gasteiger partial charge in [-0.3, -0.25) is 0 Å². The SMILES string of the molecule is CCCCCC(C)(C)[N]=[Mo+2]=[N]C(C)(C)CCCCC.[Cl-].[Cl-]. The van der Waals surface area contributed by atoms with Crippen LogP contribution in [0.3, 0.4) is 0 Å². The van der Waals surface area contributed by atoms with E-state index in [1.807, 2.05) is 0 Å². The molecule has 0 fully saturated rings. The molecule has 0 saturated carbocycles. The molecule has 2 nitrogen and oxygen atoms in total. The summed E-state index contributed by atoms with van der Waals surface area (Å²) in [5.41, 5.74) is 0.306. The quantitative estimate of drug-likeness (QED) is 0.355. The Morgan fingerprint density at radius 1 is 0.667 bits per heavy atom. The minimum absolute atomic E-state index is 0.